The molecule has 2 heteroatoms. The number of rotatable bonds is 1. The summed E-state index contributed by atoms with van der Waals surface area (Å²) in [6, 6.07) is 0.490. The summed E-state index contributed by atoms with van der Waals surface area (Å²) < 4.78 is 0. The lowest BCUT2D eigenvalue weighted by molar-refractivity contribution is 0.500. The predicted molar refractivity (Wildman–Crippen MR) is 41.0 cm³/mol. The van der Waals surface area contributed by atoms with Crippen LogP contribution in [0.1, 0.15) is 26.7 Å². The molecule has 0 saturated carbocycles. The number of hydrogen-bond donors (Lipinski definition) is 1. The van der Waals surface area contributed by atoms with Gasteiger partial charge in [-0.25, -0.2) is 0 Å². The monoisotopic (exact) mass is 147 g/mol. The van der Waals surface area contributed by atoms with Crippen molar-refractivity contribution in [2.75, 3.05) is 6.54 Å². The Morgan fingerprint density at radius 2 is 2.44 bits per heavy atom. The lowest BCUT2D eigenvalue weighted by Crippen LogP contribution is -2.34. The Hall–Kier alpha value is 0.250. The van der Waals surface area contributed by atoms with Crippen LogP contribution < -0.4 is 5.32 Å². The van der Waals surface area contributed by atoms with Crippen LogP contribution in [-0.4, -0.2) is 17.5 Å². The highest BCUT2D eigenvalue weighted by molar-refractivity contribution is 6.24. The molecule has 0 aromatic heterocycles. The zero-order valence-electron chi connectivity index (χ0n) is 6.08. The third kappa shape index (κ3) is 1.22. The second-order valence-corrected chi connectivity index (χ2v) is 3.57. The maximum absolute atomic E-state index is 6.24. The average molecular weight is 148 g/mol. The Balaban J connectivity index is 2.56. The maximum Gasteiger partial charge on any atom is 0.0606 e. The predicted octanol–water partition coefficient (Wildman–Crippen LogP) is 1.76. The van der Waals surface area contributed by atoms with Gasteiger partial charge in [-0.2, -0.15) is 0 Å². The smallest absolute Gasteiger partial charge is 0.0606 e. The van der Waals surface area contributed by atoms with Gasteiger partial charge in [-0.3, -0.25) is 0 Å². The van der Waals surface area contributed by atoms with Crippen LogP contribution in [0.15, 0.2) is 0 Å². The Morgan fingerprint density at radius 1 is 1.78 bits per heavy atom. The largest absolute Gasteiger partial charge is 0.312 e. The molecule has 1 saturated heterocycles. The van der Waals surface area contributed by atoms with E-state index < -0.39 is 0 Å². The SMILES string of the molecule is CC[C@]1(Cl)CCN[C@H]1C. The van der Waals surface area contributed by atoms with Gasteiger partial charge in [-0.05, 0) is 26.3 Å². The summed E-state index contributed by atoms with van der Waals surface area (Å²) in [5.41, 5.74) is 0. The molecule has 2 atom stereocenters. The third-order valence-corrected chi connectivity index (χ3v) is 3.14. The third-order valence-electron chi connectivity index (χ3n) is 2.35. The minimum absolute atomic E-state index is 0.0556. The quantitative estimate of drug-likeness (QED) is 0.558. The van der Waals surface area contributed by atoms with Gasteiger partial charge in [0.2, 0.25) is 0 Å². The van der Waals surface area contributed by atoms with Crippen LogP contribution in [0.3, 0.4) is 0 Å². The van der Waals surface area contributed by atoms with Crippen LogP contribution in [0.25, 0.3) is 0 Å². The molecule has 0 spiro atoms. The van der Waals surface area contributed by atoms with E-state index in [1.165, 1.54) is 0 Å². The Labute approximate surface area is 61.8 Å². The van der Waals surface area contributed by atoms with Crippen molar-refractivity contribution in [3.05, 3.63) is 0 Å². The molecule has 1 heterocycles. The lowest BCUT2D eigenvalue weighted by Gasteiger charge is -2.23. The summed E-state index contributed by atoms with van der Waals surface area (Å²) in [5, 5.41) is 3.33. The molecule has 0 aromatic rings. The fourth-order valence-corrected chi connectivity index (χ4v) is 1.55. The van der Waals surface area contributed by atoms with E-state index >= 15 is 0 Å². The van der Waals surface area contributed by atoms with Crippen molar-refractivity contribution in [2.45, 2.75) is 37.6 Å². The summed E-state index contributed by atoms with van der Waals surface area (Å²) in [7, 11) is 0. The van der Waals surface area contributed by atoms with Crippen molar-refractivity contribution in [3.63, 3.8) is 0 Å². The average Bonchev–Trinajstić information content (AvgIpc) is 2.15. The molecule has 1 rings (SSSR count). The molecule has 1 nitrogen and oxygen atoms in total. The van der Waals surface area contributed by atoms with Crippen LogP contribution in [-0.2, 0) is 0 Å². The van der Waals surface area contributed by atoms with E-state index in [2.05, 4.69) is 19.2 Å². The highest BCUT2D eigenvalue weighted by atomic mass is 35.5. The summed E-state index contributed by atoms with van der Waals surface area (Å²) in [6.45, 7) is 5.39. The summed E-state index contributed by atoms with van der Waals surface area (Å²) >= 11 is 6.24. The molecule has 54 valence electrons. The van der Waals surface area contributed by atoms with Crippen molar-refractivity contribution < 1.29 is 0 Å². The van der Waals surface area contributed by atoms with Gasteiger partial charge in [0.15, 0.2) is 0 Å². The van der Waals surface area contributed by atoms with Crippen LogP contribution in [0.4, 0.5) is 0 Å². The van der Waals surface area contributed by atoms with E-state index in [4.69, 9.17) is 11.6 Å². The van der Waals surface area contributed by atoms with Gasteiger partial charge in [0.25, 0.3) is 0 Å². The molecule has 0 aromatic carbocycles. The molecule has 1 N–H and O–H groups in total. The molecular weight excluding hydrogens is 134 g/mol. The van der Waals surface area contributed by atoms with Crippen LogP contribution in [0.5, 0.6) is 0 Å². The molecule has 1 aliphatic heterocycles. The van der Waals surface area contributed by atoms with Gasteiger partial charge >= 0.3 is 0 Å². The van der Waals surface area contributed by atoms with Crippen molar-refractivity contribution in [2.24, 2.45) is 0 Å². The highest BCUT2D eigenvalue weighted by Crippen LogP contribution is 2.31. The number of alkyl halides is 1. The zero-order valence-corrected chi connectivity index (χ0v) is 6.83. The van der Waals surface area contributed by atoms with Gasteiger partial charge < -0.3 is 5.32 Å². The van der Waals surface area contributed by atoms with Gasteiger partial charge in [0.1, 0.15) is 0 Å². The molecule has 0 unspecified atom stereocenters. The fourth-order valence-electron chi connectivity index (χ4n) is 1.38. The van der Waals surface area contributed by atoms with E-state index in [1.807, 2.05) is 0 Å². The molecule has 0 radical (unpaired) electrons. The summed E-state index contributed by atoms with van der Waals surface area (Å²) in [5.74, 6) is 0. The van der Waals surface area contributed by atoms with Crippen LogP contribution in [0, 0.1) is 0 Å². The first-order valence-corrected chi connectivity index (χ1v) is 3.99. The highest BCUT2D eigenvalue weighted by Gasteiger charge is 2.35. The fraction of sp³-hybridized carbons (Fsp3) is 1.00. The van der Waals surface area contributed by atoms with E-state index in [0.717, 1.165) is 19.4 Å². The van der Waals surface area contributed by atoms with E-state index in [-0.39, 0.29) is 4.87 Å². The molecule has 1 fully saturated rings. The van der Waals surface area contributed by atoms with E-state index in [9.17, 15) is 0 Å². The van der Waals surface area contributed by atoms with Crippen LogP contribution in [0.2, 0.25) is 0 Å². The minimum Gasteiger partial charge on any atom is -0.312 e. The van der Waals surface area contributed by atoms with E-state index in [1.54, 1.807) is 0 Å². The first-order valence-electron chi connectivity index (χ1n) is 3.61. The van der Waals surface area contributed by atoms with Crippen molar-refractivity contribution in [1.82, 2.24) is 5.32 Å². The van der Waals surface area contributed by atoms with Crippen LogP contribution >= 0.6 is 11.6 Å². The van der Waals surface area contributed by atoms with Crippen molar-refractivity contribution in [1.29, 1.82) is 0 Å². The Bertz CT molecular complexity index is 105. The first-order chi connectivity index (χ1) is 4.19. The van der Waals surface area contributed by atoms with Gasteiger partial charge in [-0.15, -0.1) is 11.6 Å². The molecular formula is C7H14ClN. The maximum atomic E-state index is 6.24. The molecule has 0 bridgehead atoms. The van der Waals surface area contributed by atoms with Gasteiger partial charge in [0.05, 0.1) is 4.87 Å². The summed E-state index contributed by atoms with van der Waals surface area (Å²) in [6.07, 6.45) is 2.19. The number of nitrogens with one attached hydrogen (secondary N) is 1. The minimum atomic E-state index is 0.0556. The van der Waals surface area contributed by atoms with Crippen molar-refractivity contribution in [3.8, 4) is 0 Å². The standard InChI is InChI=1S/C7H14ClN/c1-3-7(8)4-5-9-6(7)2/h6,9H,3-5H2,1-2H3/t6-,7-/m0/s1. The Kier molecular flexibility index (Phi) is 2.02. The van der Waals surface area contributed by atoms with Gasteiger partial charge in [0, 0.05) is 6.04 Å². The molecule has 0 aliphatic carbocycles. The Morgan fingerprint density at radius 3 is 2.67 bits per heavy atom. The number of halogens is 1. The number of hydrogen-bond acceptors (Lipinski definition) is 1. The normalized spacial score (nSPS) is 43.7. The topological polar surface area (TPSA) is 12.0 Å². The van der Waals surface area contributed by atoms with Gasteiger partial charge in [-0.1, -0.05) is 6.92 Å². The second-order valence-electron chi connectivity index (χ2n) is 2.81. The lowest BCUT2D eigenvalue weighted by atomic mass is 9.98. The first kappa shape index (κ1) is 7.36. The second kappa shape index (κ2) is 2.47. The zero-order chi connectivity index (χ0) is 6.91. The molecule has 1 aliphatic rings. The molecule has 9 heavy (non-hydrogen) atoms. The van der Waals surface area contributed by atoms with Crippen molar-refractivity contribution >= 4 is 11.6 Å². The summed E-state index contributed by atoms with van der Waals surface area (Å²) in [4.78, 5) is 0.0556. The molecule has 0 amide bonds. The van der Waals surface area contributed by atoms with E-state index in [0.29, 0.717) is 6.04 Å².